The lowest BCUT2D eigenvalue weighted by Crippen LogP contribution is -2.48. The van der Waals surface area contributed by atoms with E-state index in [1.165, 1.54) is 6.20 Å². The van der Waals surface area contributed by atoms with Crippen molar-refractivity contribution in [2.45, 2.75) is 55.1 Å². The maximum Gasteiger partial charge on any atom is 0.233 e. The number of rotatable bonds is 6. The molecule has 2 unspecified atom stereocenters. The Kier molecular flexibility index (Phi) is 5.35. The van der Waals surface area contributed by atoms with E-state index in [-0.39, 0.29) is 29.0 Å². The van der Waals surface area contributed by atoms with Crippen molar-refractivity contribution >= 4 is 35.2 Å². The topological polar surface area (TPSA) is 71.1 Å². The second-order valence-corrected chi connectivity index (χ2v) is 8.76. The van der Waals surface area contributed by atoms with Crippen molar-refractivity contribution in [2.24, 2.45) is 0 Å². The van der Waals surface area contributed by atoms with Gasteiger partial charge in [-0.1, -0.05) is 18.5 Å². The molecule has 0 bridgehead atoms. The smallest absolute Gasteiger partial charge is 0.233 e. The molecule has 2 heterocycles. The average molecular weight is 368 g/mol. The summed E-state index contributed by atoms with van der Waals surface area (Å²) in [4.78, 5) is 28.4. The van der Waals surface area contributed by atoms with Crippen LogP contribution in [0.2, 0.25) is 5.02 Å². The molecule has 130 valence electrons. The molecule has 1 saturated carbocycles. The Bertz CT molecular complexity index is 636. The van der Waals surface area contributed by atoms with Crippen LogP contribution in [0.4, 0.5) is 0 Å². The van der Waals surface area contributed by atoms with E-state index in [9.17, 15) is 9.59 Å². The highest BCUT2D eigenvalue weighted by molar-refractivity contribution is 8.01. The zero-order valence-corrected chi connectivity index (χ0v) is 15.3. The van der Waals surface area contributed by atoms with Crippen LogP contribution in [0.25, 0.3) is 0 Å². The molecule has 0 aromatic carbocycles. The van der Waals surface area contributed by atoms with Gasteiger partial charge in [0.15, 0.2) is 0 Å². The van der Waals surface area contributed by atoms with Gasteiger partial charge in [-0.15, -0.1) is 11.8 Å². The highest BCUT2D eigenvalue weighted by Gasteiger charge is 2.45. The Hall–Kier alpha value is -1.27. The number of hydrogen-bond acceptors (Lipinski definition) is 4. The molecule has 24 heavy (non-hydrogen) atoms. The van der Waals surface area contributed by atoms with Gasteiger partial charge in [0, 0.05) is 24.2 Å². The van der Waals surface area contributed by atoms with Gasteiger partial charge < -0.3 is 10.6 Å². The minimum atomic E-state index is -0.249. The molecule has 2 N–H and O–H groups in total. The summed E-state index contributed by atoms with van der Waals surface area (Å²) in [6.07, 6.45) is 7.26. The molecule has 1 aliphatic carbocycles. The van der Waals surface area contributed by atoms with Crippen LogP contribution in [0, 0.1) is 0 Å². The highest BCUT2D eigenvalue weighted by Crippen LogP contribution is 2.38. The second-order valence-electron chi connectivity index (χ2n) is 6.70. The zero-order chi connectivity index (χ0) is 17.2. The summed E-state index contributed by atoms with van der Waals surface area (Å²) in [5.74, 6) is 0.0285. The van der Waals surface area contributed by atoms with Crippen LogP contribution >= 0.6 is 23.4 Å². The lowest BCUT2D eigenvalue weighted by atomic mass is 10.1. The van der Waals surface area contributed by atoms with E-state index in [0.717, 1.165) is 31.2 Å². The van der Waals surface area contributed by atoms with Crippen molar-refractivity contribution in [1.29, 1.82) is 0 Å². The minimum absolute atomic E-state index is 0.0591. The van der Waals surface area contributed by atoms with Crippen LogP contribution in [0.1, 0.15) is 38.2 Å². The van der Waals surface area contributed by atoms with Gasteiger partial charge in [0.1, 0.15) is 0 Å². The SMILES string of the molecule is CC1CCC(C(=O)NC2(CNC(=O)Cc3ccncc3Cl)CC2)S1. The van der Waals surface area contributed by atoms with Crippen LogP contribution in [-0.4, -0.2) is 39.4 Å². The first-order valence-electron chi connectivity index (χ1n) is 8.30. The second kappa shape index (κ2) is 7.31. The number of nitrogens with zero attached hydrogens (tertiary/aromatic N) is 1. The van der Waals surface area contributed by atoms with Gasteiger partial charge in [0.2, 0.25) is 11.8 Å². The van der Waals surface area contributed by atoms with Gasteiger partial charge >= 0.3 is 0 Å². The number of amides is 2. The summed E-state index contributed by atoms with van der Waals surface area (Å²) in [7, 11) is 0. The van der Waals surface area contributed by atoms with Crippen LogP contribution < -0.4 is 10.6 Å². The Balaban J connectivity index is 1.46. The lowest BCUT2D eigenvalue weighted by molar-refractivity contribution is -0.123. The van der Waals surface area contributed by atoms with E-state index in [1.807, 2.05) is 0 Å². The standard InChI is InChI=1S/C17H22ClN3O2S/c1-11-2-3-14(24-11)16(23)21-17(5-6-17)10-20-15(22)8-12-4-7-19-9-13(12)18/h4,7,9,11,14H,2-3,5-6,8,10H2,1H3,(H,20,22)(H,21,23). The summed E-state index contributed by atoms with van der Waals surface area (Å²) in [6, 6.07) is 1.75. The van der Waals surface area contributed by atoms with Crippen LogP contribution in [0.5, 0.6) is 0 Å². The van der Waals surface area contributed by atoms with Crippen LogP contribution in [0.3, 0.4) is 0 Å². The highest BCUT2D eigenvalue weighted by atomic mass is 35.5. The summed E-state index contributed by atoms with van der Waals surface area (Å²) in [5, 5.41) is 7.19. The Morgan fingerprint density at radius 1 is 1.42 bits per heavy atom. The van der Waals surface area contributed by atoms with E-state index < -0.39 is 0 Å². The first-order chi connectivity index (χ1) is 11.5. The van der Waals surface area contributed by atoms with Gasteiger partial charge in [0.25, 0.3) is 0 Å². The van der Waals surface area contributed by atoms with Gasteiger partial charge in [-0.2, -0.15) is 0 Å². The summed E-state index contributed by atoms with van der Waals surface area (Å²) in [5.41, 5.74) is 0.510. The Morgan fingerprint density at radius 3 is 2.83 bits per heavy atom. The predicted octanol–water partition coefficient (Wildman–Crippen LogP) is 2.33. The first-order valence-corrected chi connectivity index (χ1v) is 9.62. The maximum absolute atomic E-state index is 12.4. The number of aromatic nitrogens is 1. The minimum Gasteiger partial charge on any atom is -0.353 e. The molecule has 0 radical (unpaired) electrons. The molecule has 5 nitrogen and oxygen atoms in total. The molecule has 1 aromatic rings. The van der Waals surface area contributed by atoms with Gasteiger partial charge in [-0.25, -0.2) is 0 Å². The molecule has 2 amide bonds. The molecule has 2 aliphatic rings. The van der Waals surface area contributed by atoms with Crippen molar-refractivity contribution < 1.29 is 9.59 Å². The fraction of sp³-hybridized carbons (Fsp3) is 0.588. The predicted molar refractivity (Wildman–Crippen MR) is 96.1 cm³/mol. The van der Waals surface area contributed by atoms with Crippen molar-refractivity contribution in [3.63, 3.8) is 0 Å². The maximum atomic E-state index is 12.4. The van der Waals surface area contributed by atoms with E-state index in [0.29, 0.717) is 16.8 Å². The van der Waals surface area contributed by atoms with Crippen molar-refractivity contribution in [2.75, 3.05) is 6.54 Å². The third-order valence-corrected chi connectivity index (χ3v) is 6.42. The molecular formula is C17H22ClN3O2S. The first kappa shape index (κ1) is 17.5. The van der Waals surface area contributed by atoms with Gasteiger partial charge in [-0.3, -0.25) is 14.6 Å². The molecule has 0 spiro atoms. The molecule has 2 atom stereocenters. The van der Waals surface area contributed by atoms with Crippen molar-refractivity contribution in [1.82, 2.24) is 15.6 Å². The number of hydrogen-bond donors (Lipinski definition) is 2. The number of nitrogens with one attached hydrogen (secondary N) is 2. The lowest BCUT2D eigenvalue weighted by Gasteiger charge is -2.20. The van der Waals surface area contributed by atoms with Gasteiger partial charge in [-0.05, 0) is 37.3 Å². The number of carbonyl (C=O) groups is 2. The number of thioether (sulfide) groups is 1. The third-order valence-electron chi connectivity index (χ3n) is 4.60. The fourth-order valence-corrected chi connectivity index (χ4v) is 4.36. The van der Waals surface area contributed by atoms with E-state index in [1.54, 1.807) is 24.0 Å². The Labute approximate surface area is 151 Å². The Morgan fingerprint density at radius 2 is 2.21 bits per heavy atom. The monoisotopic (exact) mass is 367 g/mol. The molecular weight excluding hydrogens is 346 g/mol. The number of halogens is 1. The molecule has 1 aliphatic heterocycles. The molecule has 1 saturated heterocycles. The van der Waals surface area contributed by atoms with E-state index in [2.05, 4.69) is 22.5 Å². The van der Waals surface area contributed by atoms with E-state index >= 15 is 0 Å². The van der Waals surface area contributed by atoms with Crippen LogP contribution in [0.15, 0.2) is 18.5 Å². The average Bonchev–Trinajstić information content (AvgIpc) is 3.17. The quantitative estimate of drug-likeness (QED) is 0.809. The third kappa shape index (κ3) is 4.42. The molecule has 2 fully saturated rings. The molecule has 3 rings (SSSR count). The van der Waals surface area contributed by atoms with Gasteiger partial charge in [0.05, 0.1) is 22.2 Å². The fourth-order valence-electron chi connectivity index (χ4n) is 2.88. The molecule has 7 heteroatoms. The summed E-state index contributed by atoms with van der Waals surface area (Å²) in [6.45, 7) is 2.64. The van der Waals surface area contributed by atoms with Crippen molar-refractivity contribution in [3.8, 4) is 0 Å². The normalized spacial score (nSPS) is 24.4. The van der Waals surface area contributed by atoms with Crippen LogP contribution in [-0.2, 0) is 16.0 Å². The van der Waals surface area contributed by atoms with E-state index in [4.69, 9.17) is 11.6 Å². The summed E-state index contributed by atoms with van der Waals surface area (Å²) >= 11 is 7.77. The largest absolute Gasteiger partial charge is 0.353 e. The van der Waals surface area contributed by atoms with Crippen molar-refractivity contribution in [3.05, 3.63) is 29.0 Å². The molecule has 1 aromatic heterocycles. The summed E-state index contributed by atoms with van der Waals surface area (Å²) < 4.78 is 0. The number of carbonyl (C=O) groups excluding carboxylic acids is 2. The zero-order valence-electron chi connectivity index (χ0n) is 13.7. The number of pyridine rings is 1.